The number of hydrogen-bond donors (Lipinski definition) is 1. The lowest BCUT2D eigenvalue weighted by Gasteiger charge is -2.32. The molecule has 9 heteroatoms. The van der Waals surface area contributed by atoms with Crippen LogP contribution in [0.4, 0.5) is 22.0 Å². The van der Waals surface area contributed by atoms with Crippen molar-refractivity contribution in [1.29, 1.82) is 0 Å². The minimum atomic E-state index is -4.75. The highest BCUT2D eigenvalue weighted by molar-refractivity contribution is 5.42. The van der Waals surface area contributed by atoms with Gasteiger partial charge in [-0.1, -0.05) is 13.0 Å². The molecule has 4 atom stereocenters. The summed E-state index contributed by atoms with van der Waals surface area (Å²) < 4.78 is 80.7. The number of aryl methyl sites for hydroxylation is 1. The molecule has 0 aliphatic carbocycles. The van der Waals surface area contributed by atoms with Crippen LogP contribution >= 0.6 is 0 Å². The smallest absolute Gasteiger partial charge is 0.417 e. The van der Waals surface area contributed by atoms with Crippen molar-refractivity contribution in [3.05, 3.63) is 62.6 Å². The fourth-order valence-corrected chi connectivity index (χ4v) is 4.13. The van der Waals surface area contributed by atoms with E-state index in [-0.39, 0.29) is 22.2 Å². The SMILES string of the molecule is COc1c([C@H]2[C@H](c3[nH]c(C)cc(=O)c3C)O[C@@](C)(C(F)(F)F)[C@H]2C)ccc(F)c1F. The van der Waals surface area contributed by atoms with Crippen LogP contribution in [0, 0.1) is 31.4 Å². The van der Waals surface area contributed by atoms with Gasteiger partial charge in [0.05, 0.1) is 12.8 Å². The van der Waals surface area contributed by atoms with Gasteiger partial charge < -0.3 is 14.5 Å². The van der Waals surface area contributed by atoms with E-state index in [4.69, 9.17) is 9.47 Å². The molecule has 0 amide bonds. The van der Waals surface area contributed by atoms with E-state index >= 15 is 0 Å². The van der Waals surface area contributed by atoms with Crippen LogP contribution in [0.5, 0.6) is 5.75 Å². The fourth-order valence-electron chi connectivity index (χ4n) is 4.13. The van der Waals surface area contributed by atoms with E-state index in [0.717, 1.165) is 20.1 Å². The average molecular weight is 431 g/mol. The van der Waals surface area contributed by atoms with Crippen molar-refractivity contribution >= 4 is 0 Å². The molecule has 1 aromatic heterocycles. The maximum Gasteiger partial charge on any atom is 0.417 e. The van der Waals surface area contributed by atoms with E-state index in [1.807, 2.05) is 0 Å². The lowest BCUT2D eigenvalue weighted by Crippen LogP contribution is -2.46. The quantitative estimate of drug-likeness (QED) is 0.689. The fraction of sp³-hybridized carbons (Fsp3) is 0.476. The summed E-state index contributed by atoms with van der Waals surface area (Å²) in [5, 5.41) is 0. The third kappa shape index (κ3) is 3.29. The number of rotatable bonds is 3. The Balaban J connectivity index is 2.30. The molecule has 2 heterocycles. The normalized spacial score (nSPS) is 26.8. The van der Waals surface area contributed by atoms with Gasteiger partial charge in [0.2, 0.25) is 5.82 Å². The first kappa shape index (κ1) is 22.3. The minimum absolute atomic E-state index is 0.0311. The van der Waals surface area contributed by atoms with Gasteiger partial charge in [0.15, 0.2) is 22.6 Å². The summed E-state index contributed by atoms with van der Waals surface area (Å²) in [6, 6.07) is 3.36. The molecular formula is C21H22F5NO3. The van der Waals surface area contributed by atoms with Crippen LogP contribution in [0.3, 0.4) is 0 Å². The largest absolute Gasteiger partial charge is 0.493 e. The van der Waals surface area contributed by atoms with Gasteiger partial charge >= 0.3 is 6.18 Å². The van der Waals surface area contributed by atoms with Crippen LogP contribution in [0.1, 0.15) is 48.4 Å². The Morgan fingerprint density at radius 2 is 1.83 bits per heavy atom. The lowest BCUT2D eigenvalue weighted by atomic mass is 9.76. The number of H-pyrrole nitrogens is 1. The molecule has 1 aliphatic heterocycles. The van der Waals surface area contributed by atoms with E-state index < -0.39 is 47.1 Å². The van der Waals surface area contributed by atoms with Crippen molar-refractivity contribution in [2.45, 2.75) is 51.5 Å². The molecule has 164 valence electrons. The zero-order chi connectivity index (χ0) is 22.6. The Kier molecular flexibility index (Phi) is 5.47. The van der Waals surface area contributed by atoms with Crippen molar-refractivity contribution in [3.63, 3.8) is 0 Å². The molecule has 1 saturated heterocycles. The van der Waals surface area contributed by atoms with Gasteiger partial charge in [-0.2, -0.15) is 17.6 Å². The van der Waals surface area contributed by atoms with Crippen molar-refractivity contribution in [2.75, 3.05) is 7.11 Å². The van der Waals surface area contributed by atoms with E-state index in [1.54, 1.807) is 6.92 Å². The lowest BCUT2D eigenvalue weighted by molar-refractivity contribution is -0.275. The third-order valence-electron chi connectivity index (χ3n) is 6.05. The summed E-state index contributed by atoms with van der Waals surface area (Å²) in [4.78, 5) is 15.2. The molecule has 30 heavy (non-hydrogen) atoms. The second-order valence-electron chi connectivity index (χ2n) is 7.80. The molecule has 0 saturated carbocycles. The van der Waals surface area contributed by atoms with Gasteiger partial charge in [-0.3, -0.25) is 4.79 Å². The van der Waals surface area contributed by atoms with Gasteiger partial charge in [-0.25, -0.2) is 4.39 Å². The molecule has 0 spiro atoms. The first-order chi connectivity index (χ1) is 13.8. The van der Waals surface area contributed by atoms with E-state index in [0.29, 0.717) is 5.69 Å². The highest BCUT2D eigenvalue weighted by Gasteiger charge is 2.65. The van der Waals surface area contributed by atoms with Gasteiger partial charge in [0.25, 0.3) is 0 Å². The summed E-state index contributed by atoms with van der Waals surface area (Å²) >= 11 is 0. The topological polar surface area (TPSA) is 51.3 Å². The third-order valence-corrected chi connectivity index (χ3v) is 6.05. The van der Waals surface area contributed by atoms with Crippen LogP contribution in [-0.4, -0.2) is 23.9 Å². The zero-order valence-corrected chi connectivity index (χ0v) is 17.1. The monoisotopic (exact) mass is 431 g/mol. The van der Waals surface area contributed by atoms with Gasteiger partial charge in [-0.15, -0.1) is 0 Å². The molecule has 1 aliphatic rings. The van der Waals surface area contributed by atoms with Crippen molar-refractivity contribution < 1.29 is 31.4 Å². The number of aromatic amines is 1. The molecule has 1 aromatic carbocycles. The number of alkyl halides is 3. The molecule has 0 radical (unpaired) electrons. The molecule has 0 bridgehead atoms. The van der Waals surface area contributed by atoms with E-state index in [1.165, 1.54) is 26.0 Å². The number of nitrogens with one attached hydrogen (secondary N) is 1. The number of pyridine rings is 1. The number of benzene rings is 1. The molecular weight excluding hydrogens is 409 g/mol. The second-order valence-corrected chi connectivity index (χ2v) is 7.80. The van der Waals surface area contributed by atoms with Crippen LogP contribution in [-0.2, 0) is 4.74 Å². The van der Waals surface area contributed by atoms with Gasteiger partial charge in [0, 0.05) is 34.7 Å². The minimum Gasteiger partial charge on any atom is -0.493 e. The molecule has 0 unspecified atom stereocenters. The first-order valence-corrected chi connectivity index (χ1v) is 9.30. The van der Waals surface area contributed by atoms with Crippen LogP contribution < -0.4 is 10.2 Å². The zero-order valence-electron chi connectivity index (χ0n) is 17.1. The van der Waals surface area contributed by atoms with Crippen LogP contribution in [0.2, 0.25) is 0 Å². The summed E-state index contributed by atoms with van der Waals surface area (Å²) in [5.41, 5.74) is -2.13. The number of ether oxygens (including phenoxy) is 2. The second kappa shape index (κ2) is 7.37. The number of methoxy groups -OCH3 is 1. The maximum atomic E-state index is 14.4. The van der Waals surface area contributed by atoms with Crippen molar-refractivity contribution in [2.24, 2.45) is 5.92 Å². The van der Waals surface area contributed by atoms with Crippen molar-refractivity contribution in [1.82, 2.24) is 4.98 Å². The molecule has 2 aromatic rings. The predicted molar refractivity (Wildman–Crippen MR) is 99.6 cm³/mol. The van der Waals surface area contributed by atoms with Crippen LogP contribution in [0.15, 0.2) is 23.0 Å². The Morgan fingerprint density at radius 3 is 2.40 bits per heavy atom. The average Bonchev–Trinajstić information content (AvgIpc) is 2.92. The van der Waals surface area contributed by atoms with E-state index in [9.17, 15) is 26.7 Å². The maximum absolute atomic E-state index is 14.4. The highest BCUT2D eigenvalue weighted by Crippen LogP contribution is 2.59. The Bertz CT molecular complexity index is 1030. The number of aromatic nitrogens is 1. The number of halogens is 5. The summed E-state index contributed by atoms with van der Waals surface area (Å²) in [7, 11) is 1.11. The summed E-state index contributed by atoms with van der Waals surface area (Å²) in [5.74, 6) is -5.24. The summed E-state index contributed by atoms with van der Waals surface area (Å²) in [6.45, 7) is 5.33. The van der Waals surface area contributed by atoms with E-state index in [2.05, 4.69) is 4.98 Å². The Hall–Kier alpha value is -2.42. The Labute approximate surface area is 170 Å². The van der Waals surface area contributed by atoms with Crippen molar-refractivity contribution in [3.8, 4) is 5.75 Å². The van der Waals surface area contributed by atoms with Crippen LogP contribution in [0.25, 0.3) is 0 Å². The predicted octanol–water partition coefficient (Wildman–Crippen LogP) is 5.09. The Morgan fingerprint density at radius 1 is 1.20 bits per heavy atom. The standard InChI is InChI=1S/C21H22F5NO3/c1-9-8-14(28)10(2)17(27-9)19-15(11(3)20(4,30-19)21(24,25)26)12-6-7-13(22)16(23)18(12)29-5/h6-8,11,15,19H,1-5H3,(H,27,28)/t11-,15-,19+,20+/m0/s1. The summed E-state index contributed by atoms with van der Waals surface area (Å²) in [6.07, 6.45) is -6.01. The van der Waals surface area contributed by atoms with Gasteiger partial charge in [0.1, 0.15) is 6.10 Å². The first-order valence-electron chi connectivity index (χ1n) is 9.30. The number of hydrogen-bond acceptors (Lipinski definition) is 3. The molecule has 4 nitrogen and oxygen atoms in total. The van der Waals surface area contributed by atoms with Gasteiger partial charge in [-0.05, 0) is 26.8 Å². The molecule has 3 rings (SSSR count). The molecule has 1 N–H and O–H groups in total. The molecule has 1 fully saturated rings. The highest BCUT2D eigenvalue weighted by atomic mass is 19.4.